The molecule has 0 aromatic rings. The molecule has 4 heteroatoms. The predicted molar refractivity (Wildman–Crippen MR) is 63.9 cm³/mol. The van der Waals surface area contributed by atoms with Crippen molar-refractivity contribution in [1.29, 1.82) is 0 Å². The third-order valence-corrected chi connectivity index (χ3v) is 6.98. The van der Waals surface area contributed by atoms with Gasteiger partial charge >= 0.3 is 6.00 Å². The van der Waals surface area contributed by atoms with E-state index in [1.165, 1.54) is 19.3 Å². The molecule has 1 saturated carbocycles. The van der Waals surface area contributed by atoms with Crippen LogP contribution in [0.1, 0.15) is 39.5 Å². The second-order valence-corrected chi connectivity index (χ2v) is 13.4. The summed E-state index contributed by atoms with van der Waals surface area (Å²) in [6.45, 7) is 4.49. The van der Waals surface area contributed by atoms with Gasteiger partial charge in [-0.3, -0.25) is 0 Å². The average molecular weight is 260 g/mol. The van der Waals surface area contributed by atoms with Crippen molar-refractivity contribution in [2.45, 2.75) is 45.1 Å². The van der Waals surface area contributed by atoms with Crippen molar-refractivity contribution in [3.63, 3.8) is 0 Å². The second-order valence-electron chi connectivity index (χ2n) is 4.47. The molecule has 13 heavy (non-hydrogen) atoms. The lowest BCUT2D eigenvalue weighted by atomic mass is 9.96. The fourth-order valence-electron chi connectivity index (χ4n) is 2.36. The Bertz CT molecular complexity index is 165. The lowest BCUT2D eigenvalue weighted by molar-refractivity contribution is 0.417. The summed E-state index contributed by atoms with van der Waals surface area (Å²) < 4.78 is 0. The first kappa shape index (κ1) is 12.2. The van der Waals surface area contributed by atoms with Crippen LogP contribution in [0.3, 0.4) is 0 Å². The van der Waals surface area contributed by atoms with Gasteiger partial charge < -0.3 is 0 Å². The van der Waals surface area contributed by atoms with Crippen molar-refractivity contribution >= 4 is 39.2 Å². The zero-order valence-corrected chi connectivity index (χ0v) is 11.5. The van der Waals surface area contributed by atoms with E-state index in [0.717, 1.165) is 12.3 Å². The molecule has 0 spiro atoms. The highest BCUT2D eigenvalue weighted by atomic mass is 35.8. The lowest BCUT2D eigenvalue weighted by Gasteiger charge is -2.25. The lowest BCUT2D eigenvalue weighted by Crippen LogP contribution is -2.24. The van der Waals surface area contributed by atoms with Gasteiger partial charge in [0.05, 0.1) is 0 Å². The molecule has 0 aromatic carbocycles. The summed E-state index contributed by atoms with van der Waals surface area (Å²) in [5, 5.41) is 0. The number of hydrogen-bond acceptors (Lipinski definition) is 0. The van der Waals surface area contributed by atoms with Gasteiger partial charge in [-0.2, -0.15) is 0 Å². The minimum atomic E-state index is -2.44. The van der Waals surface area contributed by atoms with Gasteiger partial charge in [0.25, 0.3) is 0 Å². The molecule has 0 amide bonds. The van der Waals surface area contributed by atoms with Crippen LogP contribution in [0, 0.1) is 11.8 Å². The Kier molecular flexibility index (Phi) is 4.43. The Morgan fingerprint density at radius 1 is 1.23 bits per heavy atom. The van der Waals surface area contributed by atoms with E-state index in [1.54, 1.807) is 0 Å². The Hall–Kier alpha value is 1.09. The van der Waals surface area contributed by atoms with Crippen LogP contribution < -0.4 is 0 Å². The number of hydrogen-bond donors (Lipinski definition) is 0. The zero-order chi connectivity index (χ0) is 10.1. The van der Waals surface area contributed by atoms with Crippen molar-refractivity contribution in [2.75, 3.05) is 0 Å². The second kappa shape index (κ2) is 4.74. The summed E-state index contributed by atoms with van der Waals surface area (Å²) in [5.41, 5.74) is 0.417. The molecule has 1 aliphatic rings. The van der Waals surface area contributed by atoms with Crippen LogP contribution >= 0.6 is 33.2 Å². The molecule has 0 radical (unpaired) electrons. The molecule has 0 nitrogen and oxygen atoms in total. The number of halogens is 3. The van der Waals surface area contributed by atoms with Crippen molar-refractivity contribution in [1.82, 2.24) is 0 Å². The van der Waals surface area contributed by atoms with Crippen molar-refractivity contribution in [2.24, 2.45) is 11.8 Å². The van der Waals surface area contributed by atoms with E-state index in [9.17, 15) is 0 Å². The summed E-state index contributed by atoms with van der Waals surface area (Å²) in [6, 6.07) is -2.44. The topological polar surface area (TPSA) is 0 Å². The molecular formula is C9H17Cl3Si. The minimum absolute atomic E-state index is 0.417. The monoisotopic (exact) mass is 258 g/mol. The van der Waals surface area contributed by atoms with Crippen LogP contribution in [0.2, 0.25) is 5.54 Å². The van der Waals surface area contributed by atoms with E-state index in [2.05, 4.69) is 13.8 Å². The minimum Gasteiger partial charge on any atom is -0.126 e. The highest BCUT2D eigenvalue weighted by Crippen LogP contribution is 2.50. The Balaban J connectivity index is 2.54. The van der Waals surface area contributed by atoms with E-state index >= 15 is 0 Å². The molecular weight excluding hydrogens is 243 g/mol. The highest BCUT2D eigenvalue weighted by Gasteiger charge is 2.44. The quantitative estimate of drug-likeness (QED) is 0.502. The summed E-state index contributed by atoms with van der Waals surface area (Å²) in [5.74, 6) is 1.41. The molecule has 0 heterocycles. The Labute approximate surface area is 96.1 Å². The van der Waals surface area contributed by atoms with Crippen molar-refractivity contribution in [3.8, 4) is 0 Å². The smallest absolute Gasteiger partial charge is 0.126 e. The first-order chi connectivity index (χ1) is 5.91. The van der Waals surface area contributed by atoms with E-state index in [0.29, 0.717) is 11.5 Å². The molecule has 0 bridgehead atoms. The summed E-state index contributed by atoms with van der Waals surface area (Å²) in [7, 11) is 0. The summed E-state index contributed by atoms with van der Waals surface area (Å²) in [6.07, 6.45) is 4.89. The van der Waals surface area contributed by atoms with Gasteiger partial charge in [0.15, 0.2) is 0 Å². The van der Waals surface area contributed by atoms with Crippen molar-refractivity contribution < 1.29 is 0 Å². The first-order valence-electron chi connectivity index (χ1n) is 4.98. The van der Waals surface area contributed by atoms with Crippen LogP contribution in [0.5, 0.6) is 0 Å². The largest absolute Gasteiger partial charge is 0.344 e. The molecule has 1 fully saturated rings. The van der Waals surface area contributed by atoms with Gasteiger partial charge in [-0.05, 0) is 30.2 Å². The standard InChI is InChI=1S/C9H17Cl3Si/c1-7(2)6-8-4-3-5-9(8)13(10,11)12/h7-9H,3-6H2,1-2H3. The van der Waals surface area contributed by atoms with Gasteiger partial charge in [-0.1, -0.05) is 26.7 Å². The van der Waals surface area contributed by atoms with Crippen LogP contribution in [-0.4, -0.2) is 6.00 Å². The summed E-state index contributed by atoms with van der Waals surface area (Å²) >= 11 is 18.3. The Morgan fingerprint density at radius 3 is 2.31 bits per heavy atom. The predicted octanol–water partition coefficient (Wildman–Crippen LogP) is 4.86. The molecule has 78 valence electrons. The molecule has 1 rings (SSSR count). The van der Waals surface area contributed by atoms with Gasteiger partial charge in [-0.25, -0.2) is 0 Å². The van der Waals surface area contributed by atoms with Crippen molar-refractivity contribution in [3.05, 3.63) is 0 Å². The molecule has 0 saturated heterocycles. The Morgan fingerprint density at radius 2 is 1.85 bits per heavy atom. The highest BCUT2D eigenvalue weighted by molar-refractivity contribution is 7.65. The third kappa shape index (κ3) is 3.62. The fourth-order valence-corrected chi connectivity index (χ4v) is 6.31. The normalized spacial score (nSPS) is 30.0. The van der Waals surface area contributed by atoms with Gasteiger partial charge in [-0.15, -0.1) is 33.2 Å². The van der Waals surface area contributed by atoms with Crippen LogP contribution in [-0.2, 0) is 0 Å². The third-order valence-electron chi connectivity index (χ3n) is 2.85. The fraction of sp³-hybridized carbons (Fsp3) is 1.00. The van der Waals surface area contributed by atoms with Gasteiger partial charge in [0, 0.05) is 0 Å². The molecule has 0 aromatic heterocycles. The maximum atomic E-state index is 6.09. The van der Waals surface area contributed by atoms with Gasteiger partial charge in [0.2, 0.25) is 0 Å². The van der Waals surface area contributed by atoms with Crippen LogP contribution in [0.4, 0.5) is 0 Å². The molecule has 2 atom stereocenters. The number of rotatable bonds is 3. The van der Waals surface area contributed by atoms with Gasteiger partial charge in [0.1, 0.15) is 0 Å². The SMILES string of the molecule is CC(C)CC1CCCC1[Si](Cl)(Cl)Cl. The maximum absolute atomic E-state index is 6.09. The van der Waals surface area contributed by atoms with Crippen LogP contribution in [0.15, 0.2) is 0 Å². The maximum Gasteiger partial charge on any atom is 0.344 e. The first-order valence-corrected chi connectivity index (χ1v) is 10.1. The molecule has 0 aliphatic heterocycles. The van der Waals surface area contributed by atoms with E-state index < -0.39 is 6.00 Å². The zero-order valence-electron chi connectivity index (χ0n) is 8.19. The summed E-state index contributed by atoms with van der Waals surface area (Å²) in [4.78, 5) is 0. The van der Waals surface area contributed by atoms with E-state index in [1.807, 2.05) is 0 Å². The van der Waals surface area contributed by atoms with E-state index in [4.69, 9.17) is 33.2 Å². The van der Waals surface area contributed by atoms with Crippen LogP contribution in [0.25, 0.3) is 0 Å². The molecule has 0 N–H and O–H groups in total. The molecule has 1 aliphatic carbocycles. The van der Waals surface area contributed by atoms with E-state index in [-0.39, 0.29) is 0 Å². The molecule has 2 unspecified atom stereocenters. The average Bonchev–Trinajstić information content (AvgIpc) is 2.31.